The number of fused-ring (bicyclic) bond motifs is 1. The van der Waals surface area contributed by atoms with Gasteiger partial charge in [0.2, 0.25) is 0 Å². The van der Waals surface area contributed by atoms with Gasteiger partial charge in [-0.25, -0.2) is 0 Å². The van der Waals surface area contributed by atoms with Crippen molar-refractivity contribution in [3.8, 4) is 5.75 Å². The van der Waals surface area contributed by atoms with E-state index < -0.39 is 0 Å². The van der Waals surface area contributed by atoms with Crippen molar-refractivity contribution in [2.24, 2.45) is 11.7 Å². The molecule has 1 aromatic carbocycles. The van der Waals surface area contributed by atoms with Crippen molar-refractivity contribution in [1.82, 2.24) is 0 Å². The zero-order chi connectivity index (χ0) is 14.2. The molecule has 2 N–H and O–H groups in total. The molecule has 0 saturated heterocycles. The van der Waals surface area contributed by atoms with Crippen LogP contribution in [-0.4, -0.2) is 11.6 Å². The van der Waals surface area contributed by atoms with Crippen molar-refractivity contribution in [2.75, 3.05) is 0 Å². The quantitative estimate of drug-likeness (QED) is 0.904. The van der Waals surface area contributed by atoms with Crippen LogP contribution in [0.4, 0.5) is 0 Å². The molecule has 2 aliphatic rings. The summed E-state index contributed by atoms with van der Waals surface area (Å²) in [6, 6.07) is 6.50. The maximum absolute atomic E-state index is 6.69. The number of hydrogen-bond acceptors (Lipinski definition) is 2. The lowest BCUT2D eigenvalue weighted by molar-refractivity contribution is 0.132. The fourth-order valence-corrected chi connectivity index (χ4v) is 4.07. The van der Waals surface area contributed by atoms with E-state index in [0.717, 1.165) is 24.5 Å². The molecule has 3 unspecified atom stereocenters. The summed E-state index contributed by atoms with van der Waals surface area (Å²) in [7, 11) is 0. The molecule has 2 nitrogen and oxygen atoms in total. The van der Waals surface area contributed by atoms with E-state index in [-0.39, 0.29) is 11.6 Å². The predicted molar refractivity (Wildman–Crippen MR) is 83.1 cm³/mol. The molecule has 1 fully saturated rings. The van der Waals surface area contributed by atoms with Gasteiger partial charge in [-0.05, 0) is 37.3 Å². The molecule has 0 spiro atoms. The van der Waals surface area contributed by atoms with Crippen molar-refractivity contribution in [3.63, 3.8) is 0 Å². The second-order valence-electron chi connectivity index (χ2n) is 6.99. The summed E-state index contributed by atoms with van der Waals surface area (Å²) in [5, 5.41) is 0. The normalized spacial score (nSPS) is 32.8. The van der Waals surface area contributed by atoms with Gasteiger partial charge in [0.15, 0.2) is 0 Å². The molecule has 2 heteroatoms. The Bertz CT molecular complexity index is 484. The number of nitrogens with two attached hydrogens (primary N) is 1. The second kappa shape index (κ2) is 5.40. The Hall–Kier alpha value is -1.02. The lowest BCUT2D eigenvalue weighted by atomic mass is 9.72. The average molecular weight is 273 g/mol. The van der Waals surface area contributed by atoms with Gasteiger partial charge in [0.1, 0.15) is 11.9 Å². The Morgan fingerprint density at radius 2 is 2.25 bits per heavy atom. The monoisotopic (exact) mass is 273 g/mol. The molecule has 1 aliphatic carbocycles. The van der Waals surface area contributed by atoms with E-state index in [1.54, 1.807) is 0 Å². The van der Waals surface area contributed by atoms with Crippen LogP contribution in [0, 0.1) is 12.8 Å². The van der Waals surface area contributed by atoms with E-state index in [2.05, 4.69) is 32.0 Å². The Balaban J connectivity index is 1.65. The number of rotatable bonds is 3. The molecule has 3 rings (SSSR count). The van der Waals surface area contributed by atoms with Gasteiger partial charge in [-0.15, -0.1) is 0 Å². The van der Waals surface area contributed by atoms with Crippen molar-refractivity contribution in [2.45, 2.75) is 70.4 Å². The summed E-state index contributed by atoms with van der Waals surface area (Å²) < 4.78 is 6.12. The van der Waals surface area contributed by atoms with E-state index in [1.807, 2.05) is 0 Å². The van der Waals surface area contributed by atoms with Gasteiger partial charge >= 0.3 is 0 Å². The lowest BCUT2D eigenvalue weighted by Gasteiger charge is -2.39. The highest BCUT2D eigenvalue weighted by Gasteiger charge is 2.36. The first kappa shape index (κ1) is 13.9. The topological polar surface area (TPSA) is 35.2 Å². The Morgan fingerprint density at radius 1 is 1.40 bits per heavy atom. The molecule has 1 aliphatic heterocycles. The summed E-state index contributed by atoms with van der Waals surface area (Å²) in [5.74, 6) is 1.90. The number of aryl methyl sites for hydroxylation is 1. The molecule has 1 aromatic rings. The Labute approximate surface area is 122 Å². The SMILES string of the molecule is CCC1CCCC(N)(CC2Cc3cc(C)ccc3O2)C1. The summed E-state index contributed by atoms with van der Waals surface area (Å²) in [6.07, 6.45) is 8.59. The van der Waals surface area contributed by atoms with Crippen LogP contribution in [0.15, 0.2) is 18.2 Å². The van der Waals surface area contributed by atoms with Crippen molar-refractivity contribution in [3.05, 3.63) is 29.3 Å². The van der Waals surface area contributed by atoms with Crippen LogP contribution in [0.3, 0.4) is 0 Å². The highest BCUT2D eigenvalue weighted by Crippen LogP contribution is 2.39. The van der Waals surface area contributed by atoms with E-state index in [1.165, 1.54) is 43.2 Å². The molecular weight excluding hydrogens is 246 g/mol. The maximum Gasteiger partial charge on any atom is 0.123 e. The van der Waals surface area contributed by atoms with E-state index in [9.17, 15) is 0 Å². The highest BCUT2D eigenvalue weighted by atomic mass is 16.5. The van der Waals surface area contributed by atoms with Crippen LogP contribution >= 0.6 is 0 Å². The molecule has 0 amide bonds. The molecule has 1 heterocycles. The molecule has 0 bridgehead atoms. The van der Waals surface area contributed by atoms with Gasteiger partial charge < -0.3 is 10.5 Å². The fraction of sp³-hybridized carbons (Fsp3) is 0.667. The minimum atomic E-state index is 0.000675. The third-order valence-electron chi connectivity index (χ3n) is 5.15. The van der Waals surface area contributed by atoms with E-state index in [4.69, 9.17) is 10.5 Å². The number of ether oxygens (including phenoxy) is 1. The molecular formula is C18H27NO. The van der Waals surface area contributed by atoms with Crippen LogP contribution < -0.4 is 10.5 Å². The van der Waals surface area contributed by atoms with Crippen LogP contribution in [0.5, 0.6) is 5.75 Å². The first-order valence-corrected chi connectivity index (χ1v) is 8.13. The first-order valence-electron chi connectivity index (χ1n) is 8.13. The molecule has 20 heavy (non-hydrogen) atoms. The molecule has 110 valence electrons. The molecule has 0 aromatic heterocycles. The smallest absolute Gasteiger partial charge is 0.123 e. The molecule has 1 saturated carbocycles. The minimum Gasteiger partial charge on any atom is -0.490 e. The average Bonchev–Trinajstić information content (AvgIpc) is 2.79. The van der Waals surface area contributed by atoms with E-state index >= 15 is 0 Å². The van der Waals surface area contributed by atoms with Crippen molar-refractivity contribution in [1.29, 1.82) is 0 Å². The number of benzene rings is 1. The van der Waals surface area contributed by atoms with Gasteiger partial charge in [0.05, 0.1) is 0 Å². The number of hydrogen-bond donors (Lipinski definition) is 1. The molecule has 3 atom stereocenters. The Kier molecular flexibility index (Phi) is 3.76. The summed E-state index contributed by atoms with van der Waals surface area (Å²) >= 11 is 0. The minimum absolute atomic E-state index is 0.000675. The maximum atomic E-state index is 6.69. The van der Waals surface area contributed by atoms with Crippen LogP contribution in [0.2, 0.25) is 0 Å². The standard InChI is InChI=1S/C18H27NO/c1-3-14-5-4-8-18(19,11-14)12-16-10-15-9-13(2)6-7-17(15)20-16/h6-7,9,14,16H,3-5,8,10-12,19H2,1-2H3. The van der Waals surface area contributed by atoms with Crippen molar-refractivity contribution >= 4 is 0 Å². The third-order valence-corrected chi connectivity index (χ3v) is 5.15. The predicted octanol–water partition coefficient (Wildman–Crippen LogP) is 3.99. The van der Waals surface area contributed by atoms with Gasteiger partial charge in [0, 0.05) is 18.4 Å². The fourth-order valence-electron chi connectivity index (χ4n) is 4.07. The van der Waals surface area contributed by atoms with Gasteiger partial charge in [-0.1, -0.05) is 43.9 Å². The van der Waals surface area contributed by atoms with Crippen LogP contribution in [-0.2, 0) is 6.42 Å². The van der Waals surface area contributed by atoms with Crippen LogP contribution in [0.1, 0.15) is 56.6 Å². The molecule has 0 radical (unpaired) electrons. The van der Waals surface area contributed by atoms with Gasteiger partial charge in [-0.3, -0.25) is 0 Å². The van der Waals surface area contributed by atoms with Gasteiger partial charge in [-0.2, -0.15) is 0 Å². The highest BCUT2D eigenvalue weighted by molar-refractivity contribution is 5.40. The van der Waals surface area contributed by atoms with Crippen LogP contribution in [0.25, 0.3) is 0 Å². The largest absolute Gasteiger partial charge is 0.490 e. The Morgan fingerprint density at radius 3 is 3.05 bits per heavy atom. The zero-order valence-electron chi connectivity index (χ0n) is 12.8. The first-order chi connectivity index (χ1) is 9.58. The summed E-state index contributed by atoms with van der Waals surface area (Å²) in [4.78, 5) is 0. The lowest BCUT2D eigenvalue weighted by Crippen LogP contribution is -2.47. The van der Waals surface area contributed by atoms with E-state index in [0.29, 0.717) is 0 Å². The summed E-state index contributed by atoms with van der Waals surface area (Å²) in [6.45, 7) is 4.44. The second-order valence-corrected chi connectivity index (χ2v) is 6.99. The van der Waals surface area contributed by atoms with Crippen molar-refractivity contribution < 1.29 is 4.74 Å². The zero-order valence-corrected chi connectivity index (χ0v) is 12.8. The van der Waals surface area contributed by atoms with Gasteiger partial charge in [0.25, 0.3) is 0 Å². The summed E-state index contributed by atoms with van der Waals surface area (Å²) in [5.41, 5.74) is 9.37. The third kappa shape index (κ3) is 2.85.